The molecular weight excluding hydrogens is 198 g/mol. The molecule has 1 aromatic rings. The van der Waals surface area contributed by atoms with Crippen molar-refractivity contribution >= 4 is 5.69 Å². The molecule has 1 N–H and O–H groups in total. The van der Waals surface area contributed by atoms with E-state index >= 15 is 0 Å². The van der Waals surface area contributed by atoms with E-state index in [9.17, 15) is 8.78 Å². The Bertz CT molecular complexity index is 354. The van der Waals surface area contributed by atoms with Gasteiger partial charge in [0.05, 0.1) is 5.69 Å². The SMILES string of the molecule is CNC1CCN(c2cccc(F)c2F)C1. The van der Waals surface area contributed by atoms with Crippen molar-refractivity contribution in [3.05, 3.63) is 29.8 Å². The number of halogens is 2. The average Bonchev–Trinajstić information content (AvgIpc) is 2.70. The van der Waals surface area contributed by atoms with E-state index < -0.39 is 11.6 Å². The van der Waals surface area contributed by atoms with Gasteiger partial charge in [-0.1, -0.05) is 6.07 Å². The molecule has 1 aliphatic rings. The summed E-state index contributed by atoms with van der Waals surface area (Å²) >= 11 is 0. The summed E-state index contributed by atoms with van der Waals surface area (Å²) in [7, 11) is 1.89. The van der Waals surface area contributed by atoms with Crippen LogP contribution in [0.15, 0.2) is 18.2 Å². The highest BCUT2D eigenvalue weighted by Crippen LogP contribution is 2.24. The number of nitrogens with zero attached hydrogens (tertiary/aromatic N) is 1. The van der Waals surface area contributed by atoms with Crippen LogP contribution in [-0.2, 0) is 0 Å². The largest absolute Gasteiger partial charge is 0.367 e. The van der Waals surface area contributed by atoms with Crippen molar-refractivity contribution in [3.63, 3.8) is 0 Å². The average molecular weight is 212 g/mol. The van der Waals surface area contributed by atoms with Gasteiger partial charge in [0.1, 0.15) is 0 Å². The van der Waals surface area contributed by atoms with Gasteiger partial charge >= 0.3 is 0 Å². The fourth-order valence-corrected chi connectivity index (χ4v) is 1.95. The normalized spacial score (nSPS) is 21.0. The maximum absolute atomic E-state index is 13.4. The van der Waals surface area contributed by atoms with Gasteiger partial charge in [-0.05, 0) is 25.6 Å². The minimum atomic E-state index is -0.777. The summed E-state index contributed by atoms with van der Waals surface area (Å²) in [5, 5.41) is 3.14. The van der Waals surface area contributed by atoms with Crippen LogP contribution in [0.4, 0.5) is 14.5 Å². The number of benzene rings is 1. The van der Waals surface area contributed by atoms with Crippen molar-refractivity contribution in [3.8, 4) is 0 Å². The predicted molar refractivity (Wildman–Crippen MR) is 56.0 cm³/mol. The minimum absolute atomic E-state index is 0.368. The van der Waals surface area contributed by atoms with Crippen LogP contribution < -0.4 is 10.2 Å². The zero-order chi connectivity index (χ0) is 10.8. The Morgan fingerprint density at radius 2 is 2.20 bits per heavy atom. The molecule has 2 nitrogen and oxygen atoms in total. The minimum Gasteiger partial charge on any atom is -0.367 e. The van der Waals surface area contributed by atoms with Crippen molar-refractivity contribution in [2.24, 2.45) is 0 Å². The molecular formula is C11H14F2N2. The monoisotopic (exact) mass is 212 g/mol. The van der Waals surface area contributed by atoms with Gasteiger partial charge < -0.3 is 10.2 Å². The molecule has 1 saturated heterocycles. The zero-order valence-corrected chi connectivity index (χ0v) is 8.63. The molecule has 0 aromatic heterocycles. The third kappa shape index (κ3) is 1.95. The fraction of sp³-hybridized carbons (Fsp3) is 0.455. The molecule has 2 rings (SSSR count). The molecule has 15 heavy (non-hydrogen) atoms. The molecule has 1 fully saturated rings. The number of likely N-dealkylation sites (N-methyl/N-ethyl adjacent to an activating group) is 1. The molecule has 0 aliphatic carbocycles. The smallest absolute Gasteiger partial charge is 0.182 e. The molecule has 1 heterocycles. The van der Waals surface area contributed by atoms with Crippen LogP contribution in [0.5, 0.6) is 0 Å². The van der Waals surface area contributed by atoms with Crippen LogP contribution >= 0.6 is 0 Å². The molecule has 0 bridgehead atoms. The Balaban J connectivity index is 2.20. The molecule has 1 aromatic carbocycles. The van der Waals surface area contributed by atoms with Crippen LogP contribution in [0.2, 0.25) is 0 Å². The Morgan fingerprint density at radius 3 is 2.87 bits per heavy atom. The van der Waals surface area contributed by atoms with Gasteiger partial charge in [-0.2, -0.15) is 0 Å². The first-order valence-electron chi connectivity index (χ1n) is 5.08. The fourth-order valence-electron chi connectivity index (χ4n) is 1.95. The lowest BCUT2D eigenvalue weighted by atomic mass is 10.2. The standard InChI is InChI=1S/C11H14F2N2/c1-14-8-5-6-15(7-8)10-4-2-3-9(12)11(10)13/h2-4,8,14H,5-7H2,1H3. The Labute approximate surface area is 87.9 Å². The van der Waals surface area contributed by atoms with Gasteiger partial charge in [0.15, 0.2) is 11.6 Å². The van der Waals surface area contributed by atoms with Crippen LogP contribution in [0.3, 0.4) is 0 Å². The Morgan fingerprint density at radius 1 is 1.40 bits per heavy atom. The quantitative estimate of drug-likeness (QED) is 0.803. The molecule has 1 aliphatic heterocycles. The predicted octanol–water partition coefficient (Wildman–Crippen LogP) is 1.76. The number of anilines is 1. The third-order valence-corrected chi connectivity index (χ3v) is 2.87. The molecule has 4 heteroatoms. The Hall–Kier alpha value is -1.16. The number of hydrogen-bond donors (Lipinski definition) is 1. The van der Waals surface area contributed by atoms with Crippen LogP contribution in [0.1, 0.15) is 6.42 Å². The van der Waals surface area contributed by atoms with E-state index in [1.165, 1.54) is 0 Å². The topological polar surface area (TPSA) is 15.3 Å². The van der Waals surface area contributed by atoms with E-state index in [1.54, 1.807) is 12.1 Å². The lowest BCUT2D eigenvalue weighted by Crippen LogP contribution is -2.29. The number of nitrogens with one attached hydrogen (secondary N) is 1. The highest BCUT2D eigenvalue weighted by Gasteiger charge is 2.23. The second-order valence-corrected chi connectivity index (χ2v) is 3.79. The third-order valence-electron chi connectivity index (χ3n) is 2.87. The second-order valence-electron chi connectivity index (χ2n) is 3.79. The van der Waals surface area contributed by atoms with Crippen molar-refractivity contribution in [2.75, 3.05) is 25.0 Å². The highest BCUT2D eigenvalue weighted by molar-refractivity contribution is 5.49. The van der Waals surface area contributed by atoms with Crippen molar-refractivity contribution in [1.29, 1.82) is 0 Å². The zero-order valence-electron chi connectivity index (χ0n) is 8.63. The summed E-state index contributed by atoms with van der Waals surface area (Å²) in [5.74, 6) is -1.52. The molecule has 1 atom stereocenters. The van der Waals surface area contributed by atoms with Crippen molar-refractivity contribution in [2.45, 2.75) is 12.5 Å². The maximum atomic E-state index is 13.4. The van der Waals surface area contributed by atoms with E-state index in [1.807, 2.05) is 11.9 Å². The summed E-state index contributed by atoms with van der Waals surface area (Å²) < 4.78 is 26.4. The van der Waals surface area contributed by atoms with Gasteiger partial charge in [0.2, 0.25) is 0 Å². The van der Waals surface area contributed by atoms with Gasteiger partial charge in [0.25, 0.3) is 0 Å². The van der Waals surface area contributed by atoms with Gasteiger partial charge in [-0.25, -0.2) is 8.78 Å². The molecule has 0 spiro atoms. The van der Waals surface area contributed by atoms with E-state index in [0.29, 0.717) is 11.7 Å². The van der Waals surface area contributed by atoms with Crippen LogP contribution in [0, 0.1) is 11.6 Å². The van der Waals surface area contributed by atoms with E-state index in [-0.39, 0.29) is 0 Å². The van der Waals surface area contributed by atoms with Gasteiger partial charge in [-0.3, -0.25) is 0 Å². The van der Waals surface area contributed by atoms with Crippen molar-refractivity contribution < 1.29 is 8.78 Å². The highest BCUT2D eigenvalue weighted by atomic mass is 19.2. The lowest BCUT2D eigenvalue weighted by Gasteiger charge is -2.19. The number of rotatable bonds is 2. The van der Waals surface area contributed by atoms with E-state index in [2.05, 4.69) is 5.32 Å². The summed E-state index contributed by atoms with van der Waals surface area (Å²) in [5.41, 5.74) is 0.368. The van der Waals surface area contributed by atoms with Gasteiger partial charge in [0, 0.05) is 19.1 Å². The summed E-state index contributed by atoms with van der Waals surface area (Å²) in [4.78, 5) is 1.87. The molecule has 82 valence electrons. The second kappa shape index (κ2) is 4.14. The first kappa shape index (κ1) is 10.4. The first-order valence-corrected chi connectivity index (χ1v) is 5.08. The summed E-state index contributed by atoms with van der Waals surface area (Å²) in [6.07, 6.45) is 0.965. The molecule has 0 saturated carbocycles. The van der Waals surface area contributed by atoms with E-state index in [0.717, 1.165) is 25.6 Å². The summed E-state index contributed by atoms with van der Waals surface area (Å²) in [6, 6.07) is 4.68. The Kier molecular flexibility index (Phi) is 2.86. The maximum Gasteiger partial charge on any atom is 0.182 e. The summed E-state index contributed by atoms with van der Waals surface area (Å²) in [6.45, 7) is 1.50. The van der Waals surface area contributed by atoms with Crippen LogP contribution in [0.25, 0.3) is 0 Å². The first-order chi connectivity index (χ1) is 7.22. The van der Waals surface area contributed by atoms with Gasteiger partial charge in [-0.15, -0.1) is 0 Å². The molecule has 1 unspecified atom stereocenters. The number of hydrogen-bond acceptors (Lipinski definition) is 2. The van der Waals surface area contributed by atoms with Crippen LogP contribution in [-0.4, -0.2) is 26.2 Å². The molecule has 0 amide bonds. The van der Waals surface area contributed by atoms with E-state index in [4.69, 9.17) is 0 Å². The van der Waals surface area contributed by atoms with Crippen molar-refractivity contribution in [1.82, 2.24) is 5.32 Å². The molecule has 0 radical (unpaired) electrons. The lowest BCUT2D eigenvalue weighted by molar-refractivity contribution is 0.507.